The van der Waals surface area contributed by atoms with Gasteiger partial charge in [-0.2, -0.15) is 0 Å². The summed E-state index contributed by atoms with van der Waals surface area (Å²) in [7, 11) is 0. The molecule has 0 radical (unpaired) electrons. The van der Waals surface area contributed by atoms with Gasteiger partial charge in [-0.05, 0) is 54.7 Å². The van der Waals surface area contributed by atoms with Crippen molar-refractivity contribution < 1.29 is 9.59 Å². The molecule has 0 aromatic heterocycles. The molecule has 2 aromatic carbocycles. The van der Waals surface area contributed by atoms with Crippen LogP contribution in [0.3, 0.4) is 0 Å². The number of anilines is 2. The highest BCUT2D eigenvalue weighted by molar-refractivity contribution is 6.44. The fraction of sp³-hybridized carbons (Fsp3) is 0.300. The lowest BCUT2D eigenvalue weighted by Crippen LogP contribution is -2.28. The second-order valence-electron chi connectivity index (χ2n) is 6.80. The summed E-state index contributed by atoms with van der Waals surface area (Å²) in [6, 6.07) is 11.2. The highest BCUT2D eigenvalue weighted by Crippen LogP contribution is 2.36. The van der Waals surface area contributed by atoms with Gasteiger partial charge in [0.05, 0.1) is 21.7 Å². The first-order valence-corrected chi connectivity index (χ1v) is 9.45. The summed E-state index contributed by atoms with van der Waals surface area (Å²) in [6.07, 6.45) is 3.50. The van der Waals surface area contributed by atoms with E-state index in [-0.39, 0.29) is 18.2 Å². The molecule has 2 amide bonds. The van der Waals surface area contributed by atoms with Crippen LogP contribution in [0.4, 0.5) is 11.4 Å². The van der Waals surface area contributed by atoms with Crippen LogP contribution in [0.5, 0.6) is 0 Å². The Labute approximate surface area is 162 Å². The number of nitrogens with one attached hydrogen (secondary N) is 1. The highest BCUT2D eigenvalue weighted by Gasteiger charge is 2.36. The number of benzene rings is 2. The average Bonchev–Trinajstić information content (AvgIpc) is 3.23. The molecular formula is C20H18Cl2N2O2. The Kier molecular flexibility index (Phi) is 4.63. The summed E-state index contributed by atoms with van der Waals surface area (Å²) in [6.45, 7) is 0.301. The first-order valence-electron chi connectivity index (χ1n) is 8.70. The summed E-state index contributed by atoms with van der Waals surface area (Å²) in [5.74, 6) is -0.675. The Balaban J connectivity index is 1.48. The van der Waals surface area contributed by atoms with Gasteiger partial charge in [0.2, 0.25) is 11.8 Å². The van der Waals surface area contributed by atoms with Crippen molar-refractivity contribution in [1.82, 2.24) is 0 Å². The largest absolute Gasteiger partial charge is 0.326 e. The molecular weight excluding hydrogens is 371 g/mol. The molecule has 1 N–H and O–H groups in total. The van der Waals surface area contributed by atoms with Crippen LogP contribution in [0, 0.1) is 5.92 Å². The normalized spacial score (nSPS) is 18.9. The van der Waals surface area contributed by atoms with E-state index in [9.17, 15) is 9.59 Å². The fourth-order valence-corrected chi connectivity index (χ4v) is 4.11. The molecule has 2 aromatic rings. The third-order valence-corrected chi connectivity index (χ3v) is 5.89. The van der Waals surface area contributed by atoms with Crippen molar-refractivity contribution in [2.75, 3.05) is 16.8 Å². The van der Waals surface area contributed by atoms with Crippen LogP contribution >= 0.6 is 23.2 Å². The maximum Gasteiger partial charge on any atom is 0.229 e. The number of hydrogen-bond donors (Lipinski definition) is 1. The minimum absolute atomic E-state index is 0.122. The molecule has 0 bridgehead atoms. The first kappa shape index (κ1) is 17.4. The number of rotatable bonds is 3. The number of aryl methyl sites for hydroxylation is 2. The van der Waals surface area contributed by atoms with Gasteiger partial charge in [-0.25, -0.2) is 0 Å². The number of carbonyl (C=O) groups is 2. The average molecular weight is 389 g/mol. The zero-order valence-electron chi connectivity index (χ0n) is 14.1. The van der Waals surface area contributed by atoms with E-state index in [1.165, 1.54) is 17.5 Å². The third-order valence-electron chi connectivity index (χ3n) is 5.08. The van der Waals surface area contributed by atoms with Gasteiger partial charge in [0.1, 0.15) is 0 Å². The summed E-state index contributed by atoms with van der Waals surface area (Å²) in [4.78, 5) is 26.6. The second-order valence-corrected chi connectivity index (χ2v) is 7.59. The molecule has 1 saturated heterocycles. The SMILES string of the molecule is O=C(Nc1ccc2c(c1)CCC2)[C@@H]1CC(=O)N(c2cccc(Cl)c2Cl)C1. The van der Waals surface area contributed by atoms with E-state index in [1.54, 1.807) is 23.1 Å². The number of hydrogen-bond acceptors (Lipinski definition) is 2. The molecule has 1 heterocycles. The van der Waals surface area contributed by atoms with Crippen molar-refractivity contribution >= 4 is 46.4 Å². The molecule has 0 saturated carbocycles. The molecule has 4 rings (SSSR count). The van der Waals surface area contributed by atoms with E-state index in [1.807, 2.05) is 12.1 Å². The molecule has 1 atom stereocenters. The summed E-state index contributed by atoms with van der Waals surface area (Å²) >= 11 is 12.3. The summed E-state index contributed by atoms with van der Waals surface area (Å²) in [5.41, 5.74) is 4.01. The third kappa shape index (κ3) is 3.19. The Bertz CT molecular complexity index is 897. The Morgan fingerprint density at radius 2 is 1.92 bits per heavy atom. The Hall–Kier alpha value is -2.04. The van der Waals surface area contributed by atoms with Gasteiger partial charge in [-0.1, -0.05) is 35.3 Å². The van der Waals surface area contributed by atoms with Gasteiger partial charge in [0.25, 0.3) is 0 Å². The smallest absolute Gasteiger partial charge is 0.229 e. The monoisotopic (exact) mass is 388 g/mol. The Morgan fingerprint density at radius 1 is 1.12 bits per heavy atom. The number of halogens is 2. The standard InChI is InChI=1S/C20H18Cl2N2O2/c21-16-5-2-6-17(19(16)22)24-11-14(10-18(24)25)20(26)23-15-8-7-12-3-1-4-13(12)9-15/h2,5-9,14H,1,3-4,10-11H2,(H,23,26)/t14-/m1/s1. The number of fused-ring (bicyclic) bond motifs is 1. The van der Waals surface area contributed by atoms with Gasteiger partial charge >= 0.3 is 0 Å². The maximum atomic E-state index is 12.6. The molecule has 1 aliphatic heterocycles. The number of carbonyl (C=O) groups excluding carboxylic acids is 2. The van der Waals surface area contributed by atoms with Crippen molar-refractivity contribution in [3.63, 3.8) is 0 Å². The predicted octanol–water partition coefficient (Wildman–Crippen LogP) is 4.47. The van der Waals surface area contributed by atoms with Crippen LogP contribution in [0.1, 0.15) is 24.0 Å². The molecule has 134 valence electrons. The zero-order chi connectivity index (χ0) is 18.3. The van der Waals surface area contributed by atoms with Crippen molar-refractivity contribution in [2.24, 2.45) is 5.92 Å². The van der Waals surface area contributed by atoms with E-state index in [0.29, 0.717) is 22.3 Å². The molecule has 0 unspecified atom stereocenters. The molecule has 0 spiro atoms. The van der Waals surface area contributed by atoms with E-state index < -0.39 is 5.92 Å². The maximum absolute atomic E-state index is 12.6. The second kappa shape index (κ2) is 6.93. The summed E-state index contributed by atoms with van der Waals surface area (Å²) < 4.78 is 0. The van der Waals surface area contributed by atoms with Crippen molar-refractivity contribution in [3.8, 4) is 0 Å². The quantitative estimate of drug-likeness (QED) is 0.842. The van der Waals surface area contributed by atoms with Crippen molar-refractivity contribution in [1.29, 1.82) is 0 Å². The van der Waals surface area contributed by atoms with Gasteiger partial charge in [0, 0.05) is 18.7 Å². The lowest BCUT2D eigenvalue weighted by molar-refractivity contribution is -0.122. The molecule has 4 nitrogen and oxygen atoms in total. The van der Waals surface area contributed by atoms with Gasteiger partial charge in [0.15, 0.2) is 0 Å². The van der Waals surface area contributed by atoms with Gasteiger partial charge in [-0.15, -0.1) is 0 Å². The van der Waals surface area contributed by atoms with Gasteiger partial charge < -0.3 is 10.2 Å². The topological polar surface area (TPSA) is 49.4 Å². The van der Waals surface area contributed by atoms with Gasteiger partial charge in [-0.3, -0.25) is 9.59 Å². The molecule has 26 heavy (non-hydrogen) atoms. The number of amides is 2. The lowest BCUT2D eigenvalue weighted by Gasteiger charge is -2.18. The molecule has 1 aliphatic carbocycles. The predicted molar refractivity (Wildman–Crippen MR) is 104 cm³/mol. The van der Waals surface area contributed by atoms with Crippen LogP contribution < -0.4 is 10.2 Å². The minimum Gasteiger partial charge on any atom is -0.326 e. The van der Waals surface area contributed by atoms with E-state index in [0.717, 1.165) is 18.5 Å². The fourth-order valence-electron chi connectivity index (χ4n) is 3.71. The van der Waals surface area contributed by atoms with Crippen LogP contribution in [-0.4, -0.2) is 18.4 Å². The van der Waals surface area contributed by atoms with Crippen LogP contribution in [-0.2, 0) is 22.4 Å². The summed E-state index contributed by atoms with van der Waals surface area (Å²) in [5, 5.41) is 3.68. The van der Waals surface area contributed by atoms with Crippen molar-refractivity contribution in [2.45, 2.75) is 25.7 Å². The minimum atomic E-state index is -0.411. The lowest BCUT2D eigenvalue weighted by atomic mass is 10.1. The van der Waals surface area contributed by atoms with Crippen LogP contribution in [0.25, 0.3) is 0 Å². The first-order chi connectivity index (χ1) is 12.5. The number of nitrogens with zero attached hydrogens (tertiary/aromatic N) is 1. The highest BCUT2D eigenvalue weighted by atomic mass is 35.5. The van der Waals surface area contributed by atoms with E-state index in [4.69, 9.17) is 23.2 Å². The van der Waals surface area contributed by atoms with Crippen LogP contribution in [0.2, 0.25) is 10.0 Å². The molecule has 1 fully saturated rings. The van der Waals surface area contributed by atoms with Crippen LogP contribution in [0.15, 0.2) is 36.4 Å². The zero-order valence-corrected chi connectivity index (χ0v) is 15.6. The Morgan fingerprint density at radius 3 is 2.77 bits per heavy atom. The van der Waals surface area contributed by atoms with E-state index >= 15 is 0 Å². The van der Waals surface area contributed by atoms with E-state index in [2.05, 4.69) is 11.4 Å². The van der Waals surface area contributed by atoms with Crippen molar-refractivity contribution in [3.05, 3.63) is 57.6 Å². The molecule has 6 heteroatoms. The molecule has 2 aliphatic rings.